The molecule has 2 N–H and O–H groups in total. The van der Waals surface area contributed by atoms with Crippen LogP contribution in [0.1, 0.15) is 63.0 Å². The first-order chi connectivity index (χ1) is 13.6. The van der Waals surface area contributed by atoms with Crippen LogP contribution in [-0.4, -0.2) is 41.7 Å². The Morgan fingerprint density at radius 3 is 2.57 bits per heavy atom. The van der Waals surface area contributed by atoms with Gasteiger partial charge in [-0.3, -0.25) is 4.79 Å². The zero-order valence-corrected chi connectivity index (χ0v) is 16.3. The number of nitrogens with zero attached hydrogens (tertiary/aromatic N) is 2. The van der Waals surface area contributed by atoms with Gasteiger partial charge in [0.1, 0.15) is 11.7 Å². The number of rotatable bonds is 9. The van der Waals surface area contributed by atoms with Crippen molar-refractivity contribution in [2.75, 3.05) is 13.7 Å². The summed E-state index contributed by atoms with van der Waals surface area (Å²) < 4.78 is 11.2. The molecule has 1 atom stereocenters. The molecule has 1 heterocycles. The van der Waals surface area contributed by atoms with E-state index in [1.807, 2.05) is 0 Å². The number of aromatic nitrogens is 2. The first-order valence-electron chi connectivity index (χ1n) is 10.3. The van der Waals surface area contributed by atoms with Crippen molar-refractivity contribution < 1.29 is 19.1 Å². The van der Waals surface area contributed by atoms with Crippen LogP contribution in [0.5, 0.6) is 11.8 Å². The molecule has 3 aliphatic carbocycles. The highest BCUT2D eigenvalue weighted by Gasteiger charge is 2.32. The molecule has 152 valence electrons. The third-order valence-corrected chi connectivity index (χ3v) is 5.71. The fourth-order valence-corrected chi connectivity index (χ4v) is 3.37. The minimum Gasteiger partial charge on any atom is -0.476 e. The van der Waals surface area contributed by atoms with E-state index in [0.717, 1.165) is 31.4 Å². The lowest BCUT2D eigenvalue weighted by molar-refractivity contribution is -0.123. The van der Waals surface area contributed by atoms with Crippen LogP contribution in [0.4, 0.5) is 4.79 Å². The monoisotopic (exact) mass is 388 g/mol. The van der Waals surface area contributed by atoms with Gasteiger partial charge in [0.25, 0.3) is 0 Å². The minimum atomic E-state index is -0.700. The maximum atomic E-state index is 12.3. The molecular formula is C20H28N4O4. The second kappa shape index (κ2) is 8.32. The summed E-state index contributed by atoms with van der Waals surface area (Å²) in [5.74, 6) is 1.81. The number of carbonyl (C=O) groups excluding carboxylic acids is 2. The van der Waals surface area contributed by atoms with Crippen LogP contribution < -0.4 is 20.1 Å². The van der Waals surface area contributed by atoms with Gasteiger partial charge < -0.3 is 20.1 Å². The molecule has 0 bridgehead atoms. The van der Waals surface area contributed by atoms with Gasteiger partial charge in [-0.05, 0) is 43.9 Å². The Hall–Kier alpha value is -2.38. The number of nitrogens with one attached hydrogen (secondary N) is 2. The molecule has 0 aromatic carbocycles. The van der Waals surface area contributed by atoms with Crippen LogP contribution in [0.3, 0.4) is 0 Å². The van der Waals surface area contributed by atoms with Crippen molar-refractivity contribution in [2.24, 2.45) is 11.8 Å². The lowest BCUT2D eigenvalue weighted by Crippen LogP contribution is -2.48. The van der Waals surface area contributed by atoms with Crippen LogP contribution in [0.15, 0.2) is 6.20 Å². The summed E-state index contributed by atoms with van der Waals surface area (Å²) >= 11 is 0. The number of carbonyl (C=O) groups is 2. The van der Waals surface area contributed by atoms with E-state index < -0.39 is 12.1 Å². The van der Waals surface area contributed by atoms with Crippen molar-refractivity contribution in [3.05, 3.63) is 11.9 Å². The van der Waals surface area contributed by atoms with Gasteiger partial charge in [-0.2, -0.15) is 4.98 Å². The van der Waals surface area contributed by atoms with Gasteiger partial charge in [-0.15, -0.1) is 0 Å². The molecule has 3 fully saturated rings. The van der Waals surface area contributed by atoms with E-state index in [9.17, 15) is 9.59 Å². The fraction of sp³-hybridized carbons (Fsp3) is 0.700. The third-order valence-electron chi connectivity index (χ3n) is 5.71. The van der Waals surface area contributed by atoms with Crippen molar-refractivity contribution in [1.29, 1.82) is 0 Å². The first-order valence-corrected chi connectivity index (χ1v) is 10.3. The number of hydrogen-bond donors (Lipinski definition) is 2. The van der Waals surface area contributed by atoms with Crippen molar-refractivity contribution >= 4 is 12.0 Å². The molecule has 0 saturated heterocycles. The molecular weight excluding hydrogens is 360 g/mol. The van der Waals surface area contributed by atoms with Crippen LogP contribution in [0, 0.1) is 11.8 Å². The lowest BCUT2D eigenvalue weighted by Gasteiger charge is -2.29. The molecule has 4 rings (SSSR count). The number of hydrogen-bond acceptors (Lipinski definition) is 6. The molecule has 2 amide bonds. The summed E-state index contributed by atoms with van der Waals surface area (Å²) in [6.07, 6.45) is 9.31. The lowest BCUT2D eigenvalue weighted by atomic mass is 9.81. The molecule has 1 aromatic heterocycles. The van der Waals surface area contributed by atoms with E-state index in [4.69, 9.17) is 9.47 Å². The summed E-state index contributed by atoms with van der Waals surface area (Å²) in [5.41, 5.74) is 0.849. The Balaban J connectivity index is 1.37. The average molecular weight is 388 g/mol. The normalized spacial score (nSPS) is 20.0. The SMILES string of the molecule is CNC(=O)C(CC1CCC1)NC(=O)Oc1cnc(C2CC2)c(OCC2CC2)n1. The highest BCUT2D eigenvalue weighted by atomic mass is 16.6. The quantitative estimate of drug-likeness (QED) is 0.674. The van der Waals surface area contributed by atoms with Crippen LogP contribution in [-0.2, 0) is 4.79 Å². The average Bonchev–Trinajstić information content (AvgIpc) is 3.54. The van der Waals surface area contributed by atoms with Crippen molar-refractivity contribution in [2.45, 2.75) is 63.3 Å². The van der Waals surface area contributed by atoms with E-state index in [1.54, 1.807) is 7.05 Å². The van der Waals surface area contributed by atoms with Gasteiger partial charge in [-0.25, -0.2) is 9.78 Å². The zero-order valence-electron chi connectivity index (χ0n) is 16.3. The van der Waals surface area contributed by atoms with E-state index in [2.05, 4.69) is 20.6 Å². The van der Waals surface area contributed by atoms with Gasteiger partial charge in [-0.1, -0.05) is 19.3 Å². The van der Waals surface area contributed by atoms with Gasteiger partial charge in [0.05, 0.1) is 12.8 Å². The number of likely N-dealkylation sites (N-methyl/N-ethyl adjacent to an activating group) is 1. The summed E-state index contributed by atoms with van der Waals surface area (Å²) in [5, 5.41) is 5.26. The molecule has 8 heteroatoms. The molecule has 8 nitrogen and oxygen atoms in total. The van der Waals surface area contributed by atoms with Crippen LogP contribution >= 0.6 is 0 Å². The van der Waals surface area contributed by atoms with Gasteiger partial charge >= 0.3 is 6.09 Å². The molecule has 0 spiro atoms. The van der Waals surface area contributed by atoms with Gasteiger partial charge in [0, 0.05) is 13.0 Å². The Labute approximate surface area is 164 Å². The van der Waals surface area contributed by atoms with Gasteiger partial charge in [0.15, 0.2) is 0 Å². The Morgan fingerprint density at radius 1 is 1.18 bits per heavy atom. The Bertz CT molecular complexity index is 729. The molecule has 28 heavy (non-hydrogen) atoms. The van der Waals surface area contributed by atoms with E-state index >= 15 is 0 Å². The summed E-state index contributed by atoms with van der Waals surface area (Å²) in [6.45, 7) is 0.629. The molecule has 3 saturated carbocycles. The second-order valence-electron chi connectivity index (χ2n) is 8.16. The van der Waals surface area contributed by atoms with E-state index in [1.165, 1.54) is 25.5 Å². The number of amides is 2. The van der Waals surface area contributed by atoms with Gasteiger partial charge in [0.2, 0.25) is 17.7 Å². The van der Waals surface area contributed by atoms with E-state index in [-0.39, 0.29) is 11.8 Å². The maximum absolute atomic E-state index is 12.3. The Morgan fingerprint density at radius 2 is 1.96 bits per heavy atom. The van der Waals surface area contributed by atoms with E-state index in [0.29, 0.717) is 36.7 Å². The molecule has 3 aliphatic rings. The van der Waals surface area contributed by atoms with Crippen molar-refractivity contribution in [1.82, 2.24) is 20.6 Å². The fourth-order valence-electron chi connectivity index (χ4n) is 3.37. The molecule has 1 aromatic rings. The standard InChI is InChI=1S/C20H28N4O4/c1-21-18(25)15(9-12-3-2-4-12)23-20(26)28-16-10-22-17(14-7-8-14)19(24-16)27-11-13-5-6-13/h10,12-15H,2-9,11H2,1H3,(H,21,25)(H,23,26). The first kappa shape index (κ1) is 19.0. The Kier molecular flexibility index (Phi) is 5.64. The molecule has 0 radical (unpaired) electrons. The molecule has 1 unspecified atom stereocenters. The molecule has 0 aliphatic heterocycles. The predicted octanol–water partition coefficient (Wildman–Crippen LogP) is 2.54. The highest BCUT2D eigenvalue weighted by molar-refractivity contribution is 5.85. The third kappa shape index (κ3) is 4.91. The summed E-state index contributed by atoms with van der Waals surface area (Å²) in [6, 6.07) is -0.605. The summed E-state index contributed by atoms with van der Waals surface area (Å²) in [7, 11) is 1.56. The second-order valence-corrected chi connectivity index (χ2v) is 8.16. The summed E-state index contributed by atoms with van der Waals surface area (Å²) in [4.78, 5) is 33.2. The van der Waals surface area contributed by atoms with Crippen LogP contribution in [0.2, 0.25) is 0 Å². The number of ether oxygens (including phenoxy) is 2. The largest absolute Gasteiger partial charge is 0.476 e. The maximum Gasteiger partial charge on any atom is 0.414 e. The zero-order chi connectivity index (χ0) is 19.5. The van der Waals surface area contributed by atoms with Crippen LogP contribution in [0.25, 0.3) is 0 Å². The smallest absolute Gasteiger partial charge is 0.414 e. The predicted molar refractivity (Wildman–Crippen MR) is 101 cm³/mol. The highest BCUT2D eigenvalue weighted by Crippen LogP contribution is 2.43. The van der Waals surface area contributed by atoms with Crippen molar-refractivity contribution in [3.8, 4) is 11.8 Å². The topological polar surface area (TPSA) is 102 Å². The minimum absolute atomic E-state index is 0.0898. The van der Waals surface area contributed by atoms with Crippen molar-refractivity contribution in [3.63, 3.8) is 0 Å².